The van der Waals surface area contributed by atoms with E-state index in [0.29, 0.717) is 23.2 Å². The molecule has 0 bridgehead atoms. The van der Waals surface area contributed by atoms with Gasteiger partial charge in [-0.1, -0.05) is 48.0 Å². The number of carbonyl (C=O) groups excluding carboxylic acids is 1. The van der Waals surface area contributed by atoms with Crippen molar-refractivity contribution in [3.63, 3.8) is 0 Å². The maximum atomic E-state index is 13.1. The van der Waals surface area contributed by atoms with Crippen molar-refractivity contribution in [2.75, 3.05) is 19.7 Å². The number of pyridine rings is 1. The normalized spacial score (nSPS) is 15.1. The first kappa shape index (κ1) is 17.8. The summed E-state index contributed by atoms with van der Waals surface area (Å²) in [6.45, 7) is 2.15. The van der Waals surface area contributed by atoms with Crippen LogP contribution >= 0.6 is 11.6 Å². The van der Waals surface area contributed by atoms with Crippen LogP contribution in [0.15, 0.2) is 60.7 Å². The van der Waals surface area contributed by atoms with Crippen LogP contribution in [0.5, 0.6) is 5.75 Å². The van der Waals surface area contributed by atoms with Crippen molar-refractivity contribution in [1.29, 1.82) is 0 Å². The Bertz CT molecular complexity index is 937. The van der Waals surface area contributed by atoms with E-state index < -0.39 is 0 Å². The summed E-state index contributed by atoms with van der Waals surface area (Å²) in [5, 5.41) is 1.20. The van der Waals surface area contributed by atoms with Gasteiger partial charge in [-0.05, 0) is 43.0 Å². The van der Waals surface area contributed by atoms with Gasteiger partial charge in [0.1, 0.15) is 10.9 Å². The van der Waals surface area contributed by atoms with Crippen molar-refractivity contribution in [1.82, 2.24) is 9.88 Å². The highest BCUT2D eigenvalue weighted by Gasteiger charge is 2.25. The van der Waals surface area contributed by atoms with Gasteiger partial charge in [-0.3, -0.25) is 4.79 Å². The molecule has 1 fully saturated rings. The van der Waals surface area contributed by atoms with E-state index in [-0.39, 0.29) is 5.91 Å². The van der Waals surface area contributed by atoms with Crippen molar-refractivity contribution in [3.05, 3.63) is 71.4 Å². The van der Waals surface area contributed by atoms with Crippen LogP contribution in [0, 0.1) is 5.92 Å². The van der Waals surface area contributed by atoms with Crippen LogP contribution < -0.4 is 4.74 Å². The maximum Gasteiger partial charge on any atom is 0.254 e. The van der Waals surface area contributed by atoms with Crippen molar-refractivity contribution < 1.29 is 9.53 Å². The first-order valence-corrected chi connectivity index (χ1v) is 9.61. The van der Waals surface area contributed by atoms with Gasteiger partial charge in [-0.25, -0.2) is 4.98 Å². The Morgan fingerprint density at radius 2 is 1.78 bits per heavy atom. The molecule has 1 amide bonds. The Labute approximate surface area is 163 Å². The Hall–Kier alpha value is -2.59. The SMILES string of the molecule is O=C(c1cc(Cl)nc2ccccc12)N1CCC(COc2ccccc2)CC1. The van der Waals surface area contributed by atoms with E-state index in [2.05, 4.69) is 4.98 Å². The van der Waals surface area contributed by atoms with Crippen LogP contribution in [0.4, 0.5) is 0 Å². The zero-order chi connectivity index (χ0) is 18.6. The van der Waals surface area contributed by atoms with Gasteiger partial charge in [0.05, 0.1) is 17.7 Å². The molecule has 2 heterocycles. The van der Waals surface area contributed by atoms with Gasteiger partial charge in [-0.2, -0.15) is 0 Å². The highest BCUT2D eigenvalue weighted by atomic mass is 35.5. The molecule has 27 heavy (non-hydrogen) atoms. The molecule has 4 nitrogen and oxygen atoms in total. The Kier molecular flexibility index (Phi) is 5.26. The van der Waals surface area contributed by atoms with Crippen molar-refractivity contribution in [2.24, 2.45) is 5.92 Å². The minimum absolute atomic E-state index is 0.0259. The fraction of sp³-hybridized carbons (Fsp3) is 0.273. The lowest BCUT2D eigenvalue weighted by atomic mass is 9.97. The van der Waals surface area contributed by atoms with Gasteiger partial charge in [0, 0.05) is 18.5 Å². The Morgan fingerprint density at radius 1 is 1.07 bits per heavy atom. The van der Waals surface area contributed by atoms with E-state index in [1.165, 1.54) is 0 Å². The molecule has 0 radical (unpaired) electrons. The third kappa shape index (κ3) is 4.06. The predicted octanol–water partition coefficient (Wildman–Crippen LogP) is 4.82. The largest absolute Gasteiger partial charge is 0.493 e. The number of fused-ring (bicyclic) bond motifs is 1. The average molecular weight is 381 g/mol. The summed E-state index contributed by atoms with van der Waals surface area (Å²) in [5.41, 5.74) is 1.38. The van der Waals surface area contributed by atoms with Crippen molar-refractivity contribution >= 4 is 28.4 Å². The van der Waals surface area contributed by atoms with E-state index in [9.17, 15) is 4.79 Å². The van der Waals surface area contributed by atoms with E-state index in [4.69, 9.17) is 16.3 Å². The van der Waals surface area contributed by atoms with Gasteiger partial charge in [0.25, 0.3) is 5.91 Å². The van der Waals surface area contributed by atoms with E-state index in [1.807, 2.05) is 59.5 Å². The lowest BCUT2D eigenvalue weighted by Gasteiger charge is -2.32. The van der Waals surface area contributed by atoms with Crippen LogP contribution in [-0.2, 0) is 0 Å². The van der Waals surface area contributed by atoms with E-state index >= 15 is 0 Å². The average Bonchev–Trinajstić information content (AvgIpc) is 2.72. The molecule has 1 saturated heterocycles. The molecule has 0 saturated carbocycles. The molecular weight excluding hydrogens is 360 g/mol. The zero-order valence-corrected chi connectivity index (χ0v) is 15.7. The smallest absolute Gasteiger partial charge is 0.254 e. The second-order valence-electron chi connectivity index (χ2n) is 6.87. The molecule has 0 unspecified atom stereocenters. The molecule has 5 heteroatoms. The fourth-order valence-electron chi connectivity index (χ4n) is 3.52. The number of aromatic nitrogens is 1. The topological polar surface area (TPSA) is 42.4 Å². The molecule has 138 valence electrons. The van der Waals surface area contributed by atoms with Crippen LogP contribution in [0.25, 0.3) is 10.9 Å². The van der Waals surface area contributed by atoms with E-state index in [1.54, 1.807) is 6.07 Å². The first-order chi connectivity index (χ1) is 13.2. The number of hydrogen-bond acceptors (Lipinski definition) is 3. The second-order valence-corrected chi connectivity index (χ2v) is 7.26. The number of rotatable bonds is 4. The number of likely N-dealkylation sites (tertiary alicyclic amines) is 1. The minimum Gasteiger partial charge on any atom is -0.493 e. The summed E-state index contributed by atoms with van der Waals surface area (Å²) in [4.78, 5) is 19.3. The van der Waals surface area contributed by atoms with Crippen molar-refractivity contribution in [3.8, 4) is 5.75 Å². The zero-order valence-electron chi connectivity index (χ0n) is 15.0. The number of piperidine rings is 1. The number of amides is 1. The molecule has 4 rings (SSSR count). The van der Waals surface area contributed by atoms with Crippen molar-refractivity contribution in [2.45, 2.75) is 12.8 Å². The number of nitrogens with zero attached hydrogens (tertiary/aromatic N) is 2. The van der Waals surface area contributed by atoms with Crippen LogP contribution in [0.2, 0.25) is 5.15 Å². The quantitative estimate of drug-likeness (QED) is 0.609. The van der Waals surface area contributed by atoms with Gasteiger partial charge in [0.15, 0.2) is 0 Å². The lowest BCUT2D eigenvalue weighted by molar-refractivity contribution is 0.0663. The molecule has 0 spiro atoms. The number of benzene rings is 2. The Balaban J connectivity index is 1.40. The van der Waals surface area contributed by atoms with Gasteiger partial charge in [0.2, 0.25) is 0 Å². The molecule has 2 aromatic carbocycles. The summed E-state index contributed by atoms with van der Waals surface area (Å²) >= 11 is 6.13. The highest BCUT2D eigenvalue weighted by Crippen LogP contribution is 2.25. The molecule has 1 aliphatic rings. The molecule has 0 N–H and O–H groups in total. The molecule has 0 aliphatic carbocycles. The number of carbonyl (C=O) groups is 1. The second kappa shape index (κ2) is 7.97. The fourth-order valence-corrected chi connectivity index (χ4v) is 3.72. The summed E-state index contributed by atoms with van der Waals surface area (Å²) in [6.07, 6.45) is 1.88. The summed E-state index contributed by atoms with van der Waals surface area (Å²) in [7, 11) is 0. The van der Waals surface area contributed by atoms with Crippen LogP contribution in [0.1, 0.15) is 23.2 Å². The summed E-state index contributed by atoms with van der Waals surface area (Å²) in [6, 6.07) is 19.2. The predicted molar refractivity (Wildman–Crippen MR) is 107 cm³/mol. The van der Waals surface area contributed by atoms with Crippen LogP contribution in [0.3, 0.4) is 0 Å². The number of hydrogen-bond donors (Lipinski definition) is 0. The molecular formula is C22H21ClN2O2. The van der Waals surface area contributed by atoms with Gasteiger partial charge in [-0.15, -0.1) is 0 Å². The summed E-state index contributed by atoms with van der Waals surface area (Å²) in [5.74, 6) is 1.39. The Morgan fingerprint density at radius 3 is 2.56 bits per heavy atom. The third-order valence-electron chi connectivity index (χ3n) is 5.05. The third-order valence-corrected chi connectivity index (χ3v) is 5.24. The van der Waals surface area contributed by atoms with Crippen LogP contribution in [-0.4, -0.2) is 35.5 Å². The molecule has 3 aromatic rings. The van der Waals surface area contributed by atoms with Gasteiger partial charge >= 0.3 is 0 Å². The number of ether oxygens (including phenoxy) is 1. The highest BCUT2D eigenvalue weighted by molar-refractivity contribution is 6.30. The first-order valence-electron chi connectivity index (χ1n) is 9.23. The standard InChI is InChI=1S/C22H21ClN2O2/c23-21-14-19(18-8-4-5-9-20(18)24-21)22(26)25-12-10-16(11-13-25)15-27-17-6-2-1-3-7-17/h1-9,14,16H,10-13,15H2. The summed E-state index contributed by atoms with van der Waals surface area (Å²) < 4.78 is 5.87. The monoisotopic (exact) mass is 380 g/mol. The molecule has 1 aliphatic heterocycles. The molecule has 1 aromatic heterocycles. The van der Waals surface area contributed by atoms with E-state index in [0.717, 1.165) is 42.6 Å². The number of para-hydroxylation sites is 2. The molecule has 0 atom stereocenters. The lowest BCUT2D eigenvalue weighted by Crippen LogP contribution is -2.39. The van der Waals surface area contributed by atoms with Gasteiger partial charge < -0.3 is 9.64 Å². The number of halogens is 1. The minimum atomic E-state index is 0.0259. The maximum absolute atomic E-state index is 13.1.